The molecule has 0 radical (unpaired) electrons. The van der Waals surface area contributed by atoms with Crippen LogP contribution in [0.25, 0.3) is 0 Å². The van der Waals surface area contributed by atoms with E-state index in [1.807, 2.05) is 35.2 Å². The second-order valence-corrected chi connectivity index (χ2v) is 4.99. The maximum absolute atomic E-state index is 12.4. The topological polar surface area (TPSA) is 44.4 Å². The van der Waals surface area contributed by atoms with Crippen molar-refractivity contribution in [1.29, 1.82) is 0 Å². The van der Waals surface area contributed by atoms with Crippen LogP contribution < -0.4 is 10.6 Å². The number of carbonyl (C=O) groups excluding carboxylic acids is 1. The second kappa shape index (κ2) is 7.14. The van der Waals surface area contributed by atoms with Crippen LogP contribution in [0.4, 0.5) is 10.5 Å². The van der Waals surface area contributed by atoms with Gasteiger partial charge in [-0.2, -0.15) is 0 Å². The number of nitrogens with zero attached hydrogens (tertiary/aromatic N) is 1. The van der Waals surface area contributed by atoms with Crippen LogP contribution in [-0.4, -0.2) is 36.6 Å². The Morgan fingerprint density at radius 2 is 2.21 bits per heavy atom. The molecule has 4 nitrogen and oxygen atoms in total. The molecule has 0 aromatic heterocycles. The molecule has 0 bridgehead atoms. The van der Waals surface area contributed by atoms with Crippen molar-refractivity contribution in [3.8, 4) is 0 Å². The van der Waals surface area contributed by atoms with Gasteiger partial charge < -0.3 is 15.5 Å². The summed E-state index contributed by atoms with van der Waals surface area (Å²) in [6.07, 6.45) is 3.22. The van der Waals surface area contributed by atoms with Gasteiger partial charge in [-0.1, -0.05) is 25.1 Å². The maximum atomic E-state index is 12.4. The number of hydrogen-bond acceptors (Lipinski definition) is 2. The van der Waals surface area contributed by atoms with Gasteiger partial charge in [0, 0.05) is 24.8 Å². The summed E-state index contributed by atoms with van der Waals surface area (Å²) >= 11 is 0. The predicted octanol–water partition coefficient (Wildman–Crippen LogP) is 2.68. The van der Waals surface area contributed by atoms with E-state index in [4.69, 9.17) is 0 Å². The molecule has 104 valence electrons. The molecule has 1 aromatic carbocycles. The van der Waals surface area contributed by atoms with Crippen LogP contribution >= 0.6 is 0 Å². The van der Waals surface area contributed by atoms with Crippen LogP contribution in [0.3, 0.4) is 0 Å². The number of hydrogen-bond donors (Lipinski definition) is 2. The van der Waals surface area contributed by atoms with Crippen LogP contribution in [0.15, 0.2) is 30.3 Å². The standard InChI is InChI=1S/C15H23N3O/c1-2-11-18(14-9-6-10-16-12-14)15(19)17-13-7-4-3-5-8-13/h3-5,7-8,14,16H,2,6,9-12H2,1H3,(H,17,19). The fraction of sp³-hybridized carbons (Fsp3) is 0.533. The van der Waals surface area contributed by atoms with E-state index in [1.165, 1.54) is 0 Å². The van der Waals surface area contributed by atoms with Gasteiger partial charge in [0.2, 0.25) is 0 Å². The number of benzene rings is 1. The summed E-state index contributed by atoms with van der Waals surface area (Å²) in [7, 11) is 0. The third-order valence-corrected chi connectivity index (χ3v) is 3.46. The fourth-order valence-corrected chi connectivity index (χ4v) is 2.51. The van der Waals surface area contributed by atoms with Crippen molar-refractivity contribution >= 4 is 11.7 Å². The van der Waals surface area contributed by atoms with Crippen molar-refractivity contribution in [1.82, 2.24) is 10.2 Å². The Labute approximate surface area is 115 Å². The van der Waals surface area contributed by atoms with Gasteiger partial charge in [-0.25, -0.2) is 4.79 Å². The molecule has 1 saturated heterocycles. The van der Waals surface area contributed by atoms with Gasteiger partial charge in [0.1, 0.15) is 0 Å². The molecule has 2 N–H and O–H groups in total. The van der Waals surface area contributed by atoms with Crippen LogP contribution in [-0.2, 0) is 0 Å². The third-order valence-electron chi connectivity index (χ3n) is 3.46. The fourth-order valence-electron chi connectivity index (χ4n) is 2.51. The zero-order valence-corrected chi connectivity index (χ0v) is 11.6. The Hall–Kier alpha value is -1.55. The Bertz CT molecular complexity index is 388. The van der Waals surface area contributed by atoms with E-state index in [9.17, 15) is 4.79 Å². The lowest BCUT2D eigenvalue weighted by molar-refractivity contribution is 0.173. The van der Waals surface area contributed by atoms with Crippen molar-refractivity contribution in [3.05, 3.63) is 30.3 Å². The van der Waals surface area contributed by atoms with Gasteiger partial charge in [-0.3, -0.25) is 0 Å². The molecular formula is C15H23N3O. The molecular weight excluding hydrogens is 238 g/mol. The van der Waals surface area contributed by atoms with Crippen LogP contribution in [0.2, 0.25) is 0 Å². The third kappa shape index (κ3) is 3.96. The molecule has 1 aromatic rings. The van der Waals surface area contributed by atoms with Gasteiger partial charge >= 0.3 is 6.03 Å². The Balaban J connectivity index is 1.99. The molecule has 2 amide bonds. The number of piperidine rings is 1. The molecule has 19 heavy (non-hydrogen) atoms. The van der Waals surface area contributed by atoms with Gasteiger partial charge in [0.05, 0.1) is 0 Å². The van der Waals surface area contributed by atoms with E-state index in [1.54, 1.807) is 0 Å². The SMILES string of the molecule is CCCN(C(=O)Nc1ccccc1)C1CCCNC1. The summed E-state index contributed by atoms with van der Waals surface area (Å²) < 4.78 is 0. The monoisotopic (exact) mass is 261 g/mol. The normalized spacial score (nSPS) is 18.9. The highest BCUT2D eigenvalue weighted by Crippen LogP contribution is 2.14. The first-order valence-electron chi connectivity index (χ1n) is 7.14. The lowest BCUT2D eigenvalue weighted by Gasteiger charge is -2.34. The van der Waals surface area contributed by atoms with Crippen LogP contribution in [0, 0.1) is 0 Å². The average Bonchev–Trinajstić information content (AvgIpc) is 2.46. The van der Waals surface area contributed by atoms with Crippen molar-refractivity contribution < 1.29 is 4.79 Å². The minimum absolute atomic E-state index is 0.0155. The van der Waals surface area contributed by atoms with Gasteiger partial charge in [-0.05, 0) is 37.9 Å². The summed E-state index contributed by atoms with van der Waals surface area (Å²) in [5.41, 5.74) is 0.859. The first-order chi connectivity index (χ1) is 9.31. The molecule has 1 aliphatic heterocycles. The van der Waals surface area contributed by atoms with Gasteiger partial charge in [-0.15, -0.1) is 0 Å². The lowest BCUT2D eigenvalue weighted by Crippen LogP contribution is -2.50. The summed E-state index contributed by atoms with van der Waals surface area (Å²) in [6.45, 7) is 4.89. The van der Waals surface area contributed by atoms with Crippen molar-refractivity contribution in [3.63, 3.8) is 0 Å². The van der Waals surface area contributed by atoms with Crippen molar-refractivity contribution in [2.45, 2.75) is 32.2 Å². The largest absolute Gasteiger partial charge is 0.322 e. The number of amides is 2. The van der Waals surface area contributed by atoms with Crippen molar-refractivity contribution in [2.24, 2.45) is 0 Å². The minimum Gasteiger partial charge on any atom is -0.320 e. The first-order valence-corrected chi connectivity index (χ1v) is 7.14. The quantitative estimate of drug-likeness (QED) is 0.875. The Morgan fingerprint density at radius 1 is 1.42 bits per heavy atom. The molecule has 1 unspecified atom stereocenters. The molecule has 1 atom stereocenters. The first kappa shape index (κ1) is 13.9. The Kier molecular flexibility index (Phi) is 5.21. The Morgan fingerprint density at radius 3 is 2.84 bits per heavy atom. The molecule has 1 heterocycles. The van der Waals surface area contributed by atoms with Gasteiger partial charge in [0.25, 0.3) is 0 Å². The minimum atomic E-state index is 0.0155. The van der Waals surface area contributed by atoms with Gasteiger partial charge in [0.15, 0.2) is 0 Å². The van der Waals surface area contributed by atoms with E-state index in [0.717, 1.165) is 44.6 Å². The summed E-state index contributed by atoms with van der Waals surface area (Å²) in [5.74, 6) is 0. The number of rotatable bonds is 4. The highest BCUT2D eigenvalue weighted by Gasteiger charge is 2.24. The highest BCUT2D eigenvalue weighted by molar-refractivity contribution is 5.89. The molecule has 0 saturated carbocycles. The molecule has 0 spiro atoms. The number of carbonyl (C=O) groups is 1. The van der Waals surface area contributed by atoms with E-state index >= 15 is 0 Å². The van der Waals surface area contributed by atoms with Crippen LogP contribution in [0.5, 0.6) is 0 Å². The van der Waals surface area contributed by atoms with E-state index in [-0.39, 0.29) is 6.03 Å². The molecule has 0 aliphatic carbocycles. The lowest BCUT2D eigenvalue weighted by atomic mass is 10.1. The molecule has 1 aliphatic rings. The zero-order valence-electron chi connectivity index (χ0n) is 11.6. The highest BCUT2D eigenvalue weighted by atomic mass is 16.2. The maximum Gasteiger partial charge on any atom is 0.322 e. The van der Waals surface area contributed by atoms with E-state index in [2.05, 4.69) is 17.6 Å². The number of anilines is 1. The van der Waals surface area contributed by atoms with Crippen molar-refractivity contribution in [2.75, 3.05) is 25.0 Å². The summed E-state index contributed by atoms with van der Waals surface area (Å²) in [5, 5.41) is 6.35. The molecule has 4 heteroatoms. The van der Waals surface area contributed by atoms with Crippen LogP contribution in [0.1, 0.15) is 26.2 Å². The van der Waals surface area contributed by atoms with E-state index in [0.29, 0.717) is 6.04 Å². The number of para-hydroxylation sites is 1. The summed E-state index contributed by atoms with van der Waals surface area (Å²) in [4.78, 5) is 14.4. The predicted molar refractivity (Wildman–Crippen MR) is 78.3 cm³/mol. The summed E-state index contributed by atoms with van der Waals surface area (Å²) in [6, 6.07) is 9.98. The average molecular weight is 261 g/mol. The number of urea groups is 1. The smallest absolute Gasteiger partial charge is 0.320 e. The molecule has 2 rings (SSSR count). The zero-order chi connectivity index (χ0) is 13.5. The second-order valence-electron chi connectivity index (χ2n) is 4.99. The van der Waals surface area contributed by atoms with E-state index < -0.39 is 0 Å². The number of nitrogens with one attached hydrogen (secondary N) is 2. The molecule has 1 fully saturated rings.